The predicted molar refractivity (Wildman–Crippen MR) is 105 cm³/mol. The second-order valence-corrected chi connectivity index (χ2v) is 6.16. The van der Waals surface area contributed by atoms with Crippen LogP contribution in [0.4, 0.5) is 11.5 Å². The van der Waals surface area contributed by atoms with Crippen LogP contribution in [0.1, 0.15) is 11.3 Å². The molecule has 4 nitrogen and oxygen atoms in total. The van der Waals surface area contributed by atoms with Crippen molar-refractivity contribution >= 4 is 11.5 Å². The van der Waals surface area contributed by atoms with Gasteiger partial charge in [0.25, 0.3) is 0 Å². The molecule has 26 heavy (non-hydrogen) atoms. The lowest BCUT2D eigenvalue weighted by Gasteiger charge is -2.21. The third-order valence-corrected chi connectivity index (χ3v) is 4.39. The summed E-state index contributed by atoms with van der Waals surface area (Å²) in [7, 11) is 2.06. The summed E-state index contributed by atoms with van der Waals surface area (Å²) in [4.78, 5) is 2.14. The SMILES string of the molecule is CN(c1ccccc1)c1c(Cc2ccccc2)nnn1-c1ccccc1. The average molecular weight is 340 g/mol. The first-order valence-electron chi connectivity index (χ1n) is 8.65. The first kappa shape index (κ1) is 16.1. The first-order valence-corrected chi connectivity index (χ1v) is 8.65. The Labute approximate surface area is 153 Å². The molecule has 0 atom stereocenters. The Bertz CT molecular complexity index is 963. The highest BCUT2D eigenvalue weighted by atomic mass is 15.5. The molecular formula is C22H20N4. The van der Waals surface area contributed by atoms with Gasteiger partial charge in [-0.3, -0.25) is 0 Å². The quantitative estimate of drug-likeness (QED) is 0.531. The van der Waals surface area contributed by atoms with Gasteiger partial charge in [0.1, 0.15) is 5.69 Å². The minimum Gasteiger partial charge on any atom is -0.328 e. The first-order chi connectivity index (χ1) is 12.8. The van der Waals surface area contributed by atoms with Crippen LogP contribution in [0.25, 0.3) is 5.69 Å². The van der Waals surface area contributed by atoms with Gasteiger partial charge in [0.05, 0.1) is 5.69 Å². The van der Waals surface area contributed by atoms with Gasteiger partial charge in [-0.2, -0.15) is 4.68 Å². The van der Waals surface area contributed by atoms with E-state index in [1.807, 2.05) is 59.3 Å². The van der Waals surface area contributed by atoms with Gasteiger partial charge in [0.2, 0.25) is 0 Å². The van der Waals surface area contributed by atoms with E-state index in [0.29, 0.717) is 0 Å². The number of para-hydroxylation sites is 2. The van der Waals surface area contributed by atoms with Gasteiger partial charge in [0.15, 0.2) is 5.82 Å². The van der Waals surface area contributed by atoms with Gasteiger partial charge in [-0.15, -0.1) is 5.10 Å². The van der Waals surface area contributed by atoms with Crippen LogP contribution >= 0.6 is 0 Å². The van der Waals surface area contributed by atoms with Crippen LogP contribution in [0.5, 0.6) is 0 Å². The molecule has 1 heterocycles. The summed E-state index contributed by atoms with van der Waals surface area (Å²) in [5.74, 6) is 0.978. The maximum atomic E-state index is 4.51. The van der Waals surface area contributed by atoms with Crippen LogP contribution in [-0.4, -0.2) is 22.0 Å². The van der Waals surface area contributed by atoms with Crippen molar-refractivity contribution in [1.29, 1.82) is 0 Å². The minimum absolute atomic E-state index is 0.736. The van der Waals surface area contributed by atoms with Crippen molar-refractivity contribution in [2.75, 3.05) is 11.9 Å². The lowest BCUT2D eigenvalue weighted by Crippen LogP contribution is -2.16. The fourth-order valence-corrected chi connectivity index (χ4v) is 3.06. The zero-order valence-corrected chi connectivity index (χ0v) is 14.7. The number of anilines is 2. The smallest absolute Gasteiger partial charge is 0.160 e. The second-order valence-electron chi connectivity index (χ2n) is 6.16. The lowest BCUT2D eigenvalue weighted by molar-refractivity contribution is 0.794. The zero-order chi connectivity index (χ0) is 17.8. The van der Waals surface area contributed by atoms with Crippen molar-refractivity contribution in [2.24, 2.45) is 0 Å². The molecule has 0 fully saturated rings. The number of rotatable bonds is 5. The number of aromatic nitrogens is 3. The fourth-order valence-electron chi connectivity index (χ4n) is 3.06. The summed E-state index contributed by atoms with van der Waals surface area (Å²) in [6.45, 7) is 0. The van der Waals surface area contributed by atoms with Gasteiger partial charge in [-0.1, -0.05) is 71.9 Å². The van der Waals surface area contributed by atoms with Crippen molar-refractivity contribution in [2.45, 2.75) is 6.42 Å². The van der Waals surface area contributed by atoms with E-state index in [-0.39, 0.29) is 0 Å². The van der Waals surface area contributed by atoms with Gasteiger partial charge < -0.3 is 4.90 Å². The van der Waals surface area contributed by atoms with E-state index in [9.17, 15) is 0 Å². The van der Waals surface area contributed by atoms with Crippen LogP contribution < -0.4 is 4.90 Å². The summed E-state index contributed by atoms with van der Waals surface area (Å²) in [6, 6.07) is 30.8. The molecule has 128 valence electrons. The Balaban J connectivity index is 1.81. The molecule has 3 aromatic carbocycles. The normalized spacial score (nSPS) is 10.7. The molecule has 0 radical (unpaired) electrons. The summed E-state index contributed by atoms with van der Waals surface area (Å²) in [6.07, 6.45) is 0.736. The van der Waals surface area contributed by atoms with Crippen molar-refractivity contribution in [3.05, 3.63) is 102 Å². The largest absolute Gasteiger partial charge is 0.328 e. The highest BCUT2D eigenvalue weighted by molar-refractivity contribution is 5.63. The summed E-state index contributed by atoms with van der Waals surface area (Å²) < 4.78 is 1.91. The van der Waals surface area contributed by atoms with Crippen molar-refractivity contribution in [3.63, 3.8) is 0 Å². The summed E-state index contributed by atoms with van der Waals surface area (Å²) >= 11 is 0. The number of nitrogens with zero attached hydrogens (tertiary/aromatic N) is 4. The molecule has 0 aliphatic heterocycles. The van der Waals surface area contributed by atoms with Crippen molar-refractivity contribution in [1.82, 2.24) is 15.0 Å². The fraction of sp³-hybridized carbons (Fsp3) is 0.0909. The Morgan fingerprint density at radius 1 is 0.769 bits per heavy atom. The van der Waals surface area contributed by atoms with Crippen LogP contribution in [0.2, 0.25) is 0 Å². The minimum atomic E-state index is 0.736. The monoisotopic (exact) mass is 340 g/mol. The molecule has 0 saturated carbocycles. The maximum absolute atomic E-state index is 4.51. The van der Waals surface area contributed by atoms with Crippen molar-refractivity contribution in [3.8, 4) is 5.69 Å². The van der Waals surface area contributed by atoms with E-state index in [4.69, 9.17) is 0 Å². The van der Waals surface area contributed by atoms with E-state index in [0.717, 1.165) is 29.3 Å². The molecular weight excluding hydrogens is 320 g/mol. The molecule has 4 heteroatoms. The Morgan fingerprint density at radius 2 is 1.35 bits per heavy atom. The van der Waals surface area contributed by atoms with E-state index in [2.05, 4.69) is 58.7 Å². The van der Waals surface area contributed by atoms with E-state index < -0.39 is 0 Å². The van der Waals surface area contributed by atoms with Gasteiger partial charge in [0, 0.05) is 19.2 Å². The third-order valence-electron chi connectivity index (χ3n) is 4.39. The average Bonchev–Trinajstić information content (AvgIpc) is 3.13. The molecule has 0 saturated heterocycles. The Morgan fingerprint density at radius 3 is 2.00 bits per heavy atom. The molecule has 4 aromatic rings. The molecule has 0 unspecified atom stereocenters. The van der Waals surface area contributed by atoms with E-state index in [1.54, 1.807) is 0 Å². The highest BCUT2D eigenvalue weighted by Crippen LogP contribution is 2.29. The van der Waals surface area contributed by atoms with Crippen LogP contribution in [0.15, 0.2) is 91.0 Å². The van der Waals surface area contributed by atoms with Gasteiger partial charge in [-0.25, -0.2) is 0 Å². The molecule has 1 aromatic heterocycles. The second kappa shape index (κ2) is 7.23. The zero-order valence-electron chi connectivity index (χ0n) is 14.7. The highest BCUT2D eigenvalue weighted by Gasteiger charge is 2.19. The summed E-state index contributed by atoms with van der Waals surface area (Å²) in [5.41, 5.74) is 4.26. The number of benzene rings is 3. The van der Waals surface area contributed by atoms with Crippen LogP contribution in [0.3, 0.4) is 0 Å². The van der Waals surface area contributed by atoms with Crippen LogP contribution in [-0.2, 0) is 6.42 Å². The summed E-state index contributed by atoms with van der Waals surface area (Å²) in [5, 5.41) is 8.96. The Hall–Kier alpha value is -3.40. The van der Waals surface area contributed by atoms with E-state index >= 15 is 0 Å². The molecule has 0 spiro atoms. The topological polar surface area (TPSA) is 34.0 Å². The number of hydrogen-bond donors (Lipinski definition) is 0. The standard InChI is InChI=1S/C22H20N4/c1-25(19-13-7-3-8-14-19)22-21(17-18-11-5-2-6-12-18)23-24-26(22)20-15-9-4-10-16-20/h2-16H,17H2,1H3. The maximum Gasteiger partial charge on any atom is 0.160 e. The van der Waals surface area contributed by atoms with Gasteiger partial charge in [-0.05, 0) is 29.8 Å². The predicted octanol–water partition coefficient (Wildman–Crippen LogP) is 4.63. The van der Waals surface area contributed by atoms with Gasteiger partial charge >= 0.3 is 0 Å². The Kier molecular flexibility index (Phi) is 4.48. The third kappa shape index (κ3) is 3.22. The van der Waals surface area contributed by atoms with Crippen molar-refractivity contribution < 1.29 is 0 Å². The van der Waals surface area contributed by atoms with E-state index in [1.165, 1.54) is 5.56 Å². The molecule has 0 N–H and O–H groups in total. The van der Waals surface area contributed by atoms with Crippen LogP contribution in [0, 0.1) is 0 Å². The molecule has 0 bridgehead atoms. The molecule has 4 rings (SSSR count). The molecule has 0 aliphatic rings. The molecule has 0 aliphatic carbocycles. The molecule has 0 amide bonds. The lowest BCUT2D eigenvalue weighted by atomic mass is 10.1. The number of hydrogen-bond acceptors (Lipinski definition) is 3.